The third-order valence-corrected chi connectivity index (χ3v) is 2.85. The Labute approximate surface area is 121 Å². The molecule has 0 aromatic heterocycles. The number of nitrogens with two attached hydrogens (primary N) is 1. The molecule has 0 fully saturated rings. The molecule has 4 nitrogen and oxygen atoms in total. The lowest BCUT2D eigenvalue weighted by atomic mass is 10.1. The molecule has 118 valence electrons. The summed E-state index contributed by atoms with van der Waals surface area (Å²) < 4.78 is 61.3. The van der Waals surface area contributed by atoms with Gasteiger partial charge in [-0.3, -0.25) is 4.79 Å². The first-order valence-corrected chi connectivity index (χ1v) is 5.87. The van der Waals surface area contributed by atoms with Gasteiger partial charge in [-0.05, 0) is 12.1 Å². The van der Waals surface area contributed by atoms with Crippen LogP contribution in [0.1, 0.15) is 10.4 Å². The largest absolute Gasteiger partial charge is 0.455 e. The van der Waals surface area contributed by atoms with E-state index in [4.69, 9.17) is 17.3 Å². The minimum absolute atomic E-state index is 0.0923. The molecule has 0 bridgehead atoms. The van der Waals surface area contributed by atoms with Crippen LogP contribution in [0.5, 0.6) is 0 Å². The van der Waals surface area contributed by atoms with Crippen molar-refractivity contribution in [2.45, 2.75) is 12.1 Å². The van der Waals surface area contributed by atoms with Crippen molar-refractivity contribution in [2.24, 2.45) is 0 Å². The number of nitrogen functional groups attached to an aromatic ring is 1. The maximum Gasteiger partial charge on any atom is 0.455 e. The molecule has 0 saturated heterocycles. The number of hydrogen-bond acceptors (Lipinski definition) is 3. The van der Waals surface area contributed by atoms with Crippen molar-refractivity contribution in [1.82, 2.24) is 5.32 Å². The number of amides is 1. The molecule has 1 aromatic rings. The summed E-state index contributed by atoms with van der Waals surface area (Å²) in [6.07, 6.45) is -5.75. The summed E-state index contributed by atoms with van der Waals surface area (Å²) in [5.41, 5.74) is 5.74. The van der Waals surface area contributed by atoms with Crippen molar-refractivity contribution in [3.63, 3.8) is 0 Å². The van der Waals surface area contributed by atoms with Crippen LogP contribution < -0.4 is 16.4 Å². The lowest BCUT2D eigenvalue weighted by Crippen LogP contribution is -2.46. The van der Waals surface area contributed by atoms with Crippen LogP contribution in [0.25, 0.3) is 0 Å². The van der Waals surface area contributed by atoms with E-state index in [1.54, 1.807) is 0 Å². The first kappa shape index (κ1) is 17.3. The molecular weight excluding hydrogens is 321 g/mol. The third-order valence-electron chi connectivity index (χ3n) is 2.54. The third kappa shape index (κ3) is 3.87. The van der Waals surface area contributed by atoms with Gasteiger partial charge in [-0.2, -0.15) is 22.0 Å². The van der Waals surface area contributed by atoms with Crippen LogP contribution in [0.3, 0.4) is 0 Å². The quantitative estimate of drug-likeness (QED) is 0.587. The molecule has 0 aliphatic carbocycles. The van der Waals surface area contributed by atoms with E-state index < -0.39 is 24.6 Å². The second kappa shape index (κ2) is 5.92. The van der Waals surface area contributed by atoms with Gasteiger partial charge in [0.1, 0.15) is 0 Å². The fourth-order valence-corrected chi connectivity index (χ4v) is 1.62. The van der Waals surface area contributed by atoms with Gasteiger partial charge in [0.2, 0.25) is 0 Å². The summed E-state index contributed by atoms with van der Waals surface area (Å²) in [7, 11) is 1.53. The summed E-state index contributed by atoms with van der Waals surface area (Å²) in [4.78, 5) is 11.6. The summed E-state index contributed by atoms with van der Waals surface area (Å²) >= 11 is 5.75. The molecule has 0 radical (unpaired) electrons. The molecule has 0 heterocycles. The zero-order valence-electron chi connectivity index (χ0n) is 10.6. The van der Waals surface area contributed by atoms with Gasteiger partial charge in [0.25, 0.3) is 5.91 Å². The highest BCUT2D eigenvalue weighted by Gasteiger charge is 2.57. The predicted molar refractivity (Wildman–Crippen MR) is 68.7 cm³/mol. The highest BCUT2D eigenvalue weighted by Crippen LogP contribution is 2.35. The highest BCUT2D eigenvalue weighted by molar-refractivity contribution is 6.34. The average molecular weight is 332 g/mol. The molecule has 1 rings (SSSR count). The van der Waals surface area contributed by atoms with Gasteiger partial charge < -0.3 is 16.4 Å². The Bertz CT molecular complexity index is 547. The summed E-state index contributed by atoms with van der Waals surface area (Å²) in [6, 6.07) is 2.34. The zero-order valence-corrected chi connectivity index (χ0v) is 11.4. The van der Waals surface area contributed by atoms with E-state index in [0.29, 0.717) is 5.69 Å². The second-order valence-electron chi connectivity index (χ2n) is 4.05. The summed E-state index contributed by atoms with van der Waals surface area (Å²) in [5.74, 6) is -6.22. The number of benzene rings is 1. The molecule has 1 aromatic carbocycles. The molecule has 4 N–H and O–H groups in total. The van der Waals surface area contributed by atoms with Crippen LogP contribution in [-0.4, -0.2) is 31.6 Å². The molecule has 0 atom stereocenters. The number of nitrogens with one attached hydrogen (secondary N) is 2. The number of hydrogen-bond donors (Lipinski definition) is 3. The number of anilines is 2. The predicted octanol–water partition coefficient (Wildman–Crippen LogP) is 2.89. The Hall–Kier alpha value is -1.77. The van der Waals surface area contributed by atoms with Crippen molar-refractivity contribution in [1.29, 1.82) is 0 Å². The first-order valence-electron chi connectivity index (χ1n) is 5.49. The number of rotatable bonds is 4. The standard InChI is InChI=1S/C11H11ClF5N3O/c1-19-8-3-6(12)5(2-7(8)18)9(21)20-4-10(13,14)11(15,16)17/h2-3,19H,4,18H2,1H3,(H,20,21). The molecule has 0 aliphatic heterocycles. The molecule has 21 heavy (non-hydrogen) atoms. The van der Waals surface area contributed by atoms with Gasteiger partial charge >= 0.3 is 12.1 Å². The lowest BCUT2D eigenvalue weighted by molar-refractivity contribution is -0.278. The topological polar surface area (TPSA) is 67.2 Å². The summed E-state index contributed by atoms with van der Waals surface area (Å²) in [5, 5.41) is 4.01. The first-order chi connectivity index (χ1) is 9.49. The monoisotopic (exact) mass is 331 g/mol. The van der Waals surface area contributed by atoms with Crippen LogP contribution in [0, 0.1) is 0 Å². The average Bonchev–Trinajstić information content (AvgIpc) is 2.36. The fraction of sp³-hybridized carbons (Fsp3) is 0.364. The maximum atomic E-state index is 12.7. The van der Waals surface area contributed by atoms with Crippen LogP contribution in [0.15, 0.2) is 12.1 Å². The van der Waals surface area contributed by atoms with E-state index >= 15 is 0 Å². The number of halogens is 6. The van der Waals surface area contributed by atoms with Gasteiger partial charge in [-0.1, -0.05) is 11.6 Å². The molecule has 0 spiro atoms. The van der Waals surface area contributed by atoms with Crippen LogP contribution >= 0.6 is 11.6 Å². The molecule has 1 amide bonds. The number of alkyl halides is 5. The van der Waals surface area contributed by atoms with Crippen LogP contribution in [0.4, 0.5) is 33.3 Å². The van der Waals surface area contributed by atoms with E-state index in [1.165, 1.54) is 18.4 Å². The number of carbonyl (C=O) groups excluding carboxylic acids is 1. The van der Waals surface area contributed by atoms with Crippen molar-refractivity contribution >= 4 is 28.9 Å². The van der Waals surface area contributed by atoms with Crippen molar-refractivity contribution in [2.75, 3.05) is 24.6 Å². The Morgan fingerprint density at radius 2 is 1.86 bits per heavy atom. The molecule has 10 heteroatoms. The normalized spacial score (nSPS) is 12.1. The summed E-state index contributed by atoms with van der Waals surface area (Å²) in [6.45, 7) is -1.89. The van der Waals surface area contributed by atoms with Gasteiger partial charge in [-0.15, -0.1) is 0 Å². The minimum Gasteiger partial charge on any atom is -0.397 e. The lowest BCUT2D eigenvalue weighted by Gasteiger charge is -2.20. The van der Waals surface area contributed by atoms with Crippen LogP contribution in [-0.2, 0) is 0 Å². The van der Waals surface area contributed by atoms with Crippen molar-refractivity contribution in [3.05, 3.63) is 22.7 Å². The van der Waals surface area contributed by atoms with Crippen LogP contribution in [0.2, 0.25) is 5.02 Å². The second-order valence-corrected chi connectivity index (χ2v) is 4.46. The van der Waals surface area contributed by atoms with E-state index in [9.17, 15) is 26.7 Å². The highest BCUT2D eigenvalue weighted by atomic mass is 35.5. The SMILES string of the molecule is CNc1cc(Cl)c(C(=O)NCC(F)(F)C(F)(F)F)cc1N. The Morgan fingerprint density at radius 1 is 1.29 bits per heavy atom. The molecule has 0 aliphatic rings. The number of carbonyl (C=O) groups is 1. The minimum atomic E-state index is -5.75. The molecule has 0 unspecified atom stereocenters. The van der Waals surface area contributed by atoms with E-state index in [1.807, 2.05) is 0 Å². The van der Waals surface area contributed by atoms with Gasteiger partial charge in [0, 0.05) is 7.05 Å². The molecular formula is C11H11ClF5N3O. The van der Waals surface area contributed by atoms with Crippen molar-refractivity contribution in [3.8, 4) is 0 Å². The smallest absolute Gasteiger partial charge is 0.397 e. The Morgan fingerprint density at radius 3 is 2.33 bits per heavy atom. The molecule has 0 saturated carbocycles. The zero-order chi connectivity index (χ0) is 16.4. The van der Waals surface area contributed by atoms with Gasteiger partial charge in [-0.25, -0.2) is 0 Å². The fourth-order valence-electron chi connectivity index (χ4n) is 1.37. The Balaban J connectivity index is 2.89. The van der Waals surface area contributed by atoms with Gasteiger partial charge in [0.15, 0.2) is 0 Å². The van der Waals surface area contributed by atoms with E-state index in [2.05, 4.69) is 5.32 Å². The Kier molecular flexibility index (Phi) is 4.87. The maximum absolute atomic E-state index is 12.7. The van der Waals surface area contributed by atoms with Gasteiger partial charge in [0.05, 0.1) is 28.5 Å². The van der Waals surface area contributed by atoms with E-state index in [-0.39, 0.29) is 16.3 Å². The van der Waals surface area contributed by atoms with Crippen molar-refractivity contribution < 1.29 is 26.7 Å². The van der Waals surface area contributed by atoms with E-state index in [0.717, 1.165) is 6.07 Å².